The molecule has 0 saturated heterocycles. The molecule has 37 heavy (non-hydrogen) atoms. The number of rotatable bonds is 10. The van der Waals surface area contributed by atoms with Crippen LogP contribution in [0, 0.1) is 11.6 Å². The van der Waals surface area contributed by atoms with Gasteiger partial charge in [0.1, 0.15) is 11.6 Å². The van der Waals surface area contributed by atoms with Crippen LogP contribution in [0.5, 0.6) is 0 Å². The van der Waals surface area contributed by atoms with Gasteiger partial charge in [-0.05, 0) is 70.9 Å². The molecule has 0 saturated carbocycles. The number of halogens is 4. The number of benzene rings is 2. The second-order valence-corrected chi connectivity index (χ2v) is 16.2. The normalized spacial score (nSPS) is 11.2. The fraction of sp³-hybridized carbons (Fsp3) is 0.467. The molecule has 2 rings (SSSR count). The van der Waals surface area contributed by atoms with Crippen molar-refractivity contribution in [3.63, 3.8) is 0 Å². The van der Waals surface area contributed by atoms with Gasteiger partial charge in [-0.15, -0.1) is 0 Å². The first kappa shape index (κ1) is 41.4. The first-order valence-electron chi connectivity index (χ1n) is 12.4. The first-order chi connectivity index (χ1) is 16.0. The van der Waals surface area contributed by atoms with Crippen LogP contribution in [0.4, 0.5) is 8.78 Å². The Hall–Kier alpha value is -0.118. The fourth-order valence-corrected chi connectivity index (χ4v) is 8.20. The molecular formula is C30H44Cl2F2P2Pd. The maximum atomic E-state index is 12.7. The van der Waals surface area contributed by atoms with Crippen molar-refractivity contribution in [2.45, 2.75) is 90.9 Å². The van der Waals surface area contributed by atoms with Crippen LogP contribution in [0.2, 0.25) is 0 Å². The van der Waals surface area contributed by atoms with Gasteiger partial charge in [0.05, 0.1) is 0 Å². The minimum Gasteiger partial charge on any atom is -1.00 e. The van der Waals surface area contributed by atoms with Gasteiger partial charge in [0.25, 0.3) is 0 Å². The summed E-state index contributed by atoms with van der Waals surface area (Å²) in [6, 6.07) is 13.5. The van der Waals surface area contributed by atoms with E-state index in [0.29, 0.717) is 0 Å². The van der Waals surface area contributed by atoms with E-state index in [0.717, 1.165) is 35.5 Å². The second kappa shape index (κ2) is 22.7. The Bertz CT molecular complexity index is 779. The Morgan fingerprint density at radius 1 is 0.541 bits per heavy atom. The van der Waals surface area contributed by atoms with Gasteiger partial charge in [-0.2, -0.15) is 0 Å². The van der Waals surface area contributed by atoms with Gasteiger partial charge >= 0.3 is 20.4 Å². The molecule has 212 valence electrons. The molecule has 0 radical (unpaired) electrons. The minimum absolute atomic E-state index is 0. The zero-order chi connectivity index (χ0) is 25.7. The van der Waals surface area contributed by atoms with Crippen LogP contribution in [0.15, 0.2) is 72.3 Å². The van der Waals surface area contributed by atoms with Crippen molar-refractivity contribution in [2.24, 2.45) is 0 Å². The van der Waals surface area contributed by atoms with E-state index in [9.17, 15) is 8.78 Å². The number of hydrogen-bond donors (Lipinski definition) is 0. The van der Waals surface area contributed by atoms with Crippen LogP contribution in [-0.2, 0) is 33.3 Å². The SMILES string of the molecule is CC(C)P(C=CCc1ccc(F)cc1)C(C)C.CC(C)P(C=CCc1ccc(F)cc1)C(C)C.[Cl-].[Cl-].[Pd+2]. The third kappa shape index (κ3) is 18.0. The molecule has 0 aliphatic carbocycles. The molecule has 0 N–H and O–H groups in total. The summed E-state index contributed by atoms with van der Waals surface area (Å²) in [4.78, 5) is 0. The summed E-state index contributed by atoms with van der Waals surface area (Å²) in [6.45, 7) is 18.3. The maximum Gasteiger partial charge on any atom is 2.00 e. The first-order valence-corrected chi connectivity index (χ1v) is 15.5. The van der Waals surface area contributed by atoms with Gasteiger partial charge < -0.3 is 24.8 Å². The molecule has 0 bridgehead atoms. The van der Waals surface area contributed by atoms with Gasteiger partial charge in [-0.1, -0.05) is 119 Å². The molecule has 0 spiro atoms. The van der Waals surface area contributed by atoms with Crippen molar-refractivity contribution in [1.82, 2.24) is 0 Å². The van der Waals surface area contributed by atoms with Crippen molar-refractivity contribution in [3.8, 4) is 0 Å². The summed E-state index contributed by atoms with van der Waals surface area (Å²) in [5.74, 6) is 4.41. The Balaban J connectivity index is -0.000000578. The molecule has 7 heteroatoms. The van der Waals surface area contributed by atoms with Crippen molar-refractivity contribution >= 4 is 15.8 Å². The molecule has 0 nitrogen and oxygen atoms in total. The summed E-state index contributed by atoms with van der Waals surface area (Å²) in [7, 11) is -0.0715. The second-order valence-electron chi connectivity index (χ2n) is 9.70. The predicted octanol–water partition coefficient (Wildman–Crippen LogP) is 4.37. The van der Waals surface area contributed by atoms with Crippen LogP contribution in [0.25, 0.3) is 0 Å². The van der Waals surface area contributed by atoms with Gasteiger partial charge in [-0.25, -0.2) is 8.78 Å². The Labute approximate surface area is 254 Å². The Morgan fingerprint density at radius 2 is 0.784 bits per heavy atom. The summed E-state index contributed by atoms with van der Waals surface area (Å²) in [5.41, 5.74) is 5.27. The van der Waals surface area contributed by atoms with Crippen molar-refractivity contribution < 1.29 is 54.0 Å². The largest absolute Gasteiger partial charge is 2.00 e. The van der Waals surface area contributed by atoms with E-state index in [4.69, 9.17) is 0 Å². The van der Waals surface area contributed by atoms with Crippen LogP contribution in [-0.4, -0.2) is 22.6 Å². The van der Waals surface area contributed by atoms with E-state index in [1.165, 1.54) is 35.4 Å². The molecule has 0 aromatic heterocycles. The fourth-order valence-electron chi connectivity index (χ4n) is 3.74. The van der Waals surface area contributed by atoms with E-state index in [-0.39, 0.29) is 72.7 Å². The molecule has 2 aromatic rings. The molecule has 0 atom stereocenters. The summed E-state index contributed by atoms with van der Waals surface area (Å²) >= 11 is 0. The summed E-state index contributed by atoms with van der Waals surface area (Å²) < 4.78 is 25.5. The van der Waals surface area contributed by atoms with Crippen LogP contribution < -0.4 is 24.8 Å². The molecule has 0 fully saturated rings. The Morgan fingerprint density at radius 3 is 1.00 bits per heavy atom. The average Bonchev–Trinajstić information content (AvgIpc) is 2.76. The quantitative estimate of drug-likeness (QED) is 0.259. The maximum absolute atomic E-state index is 12.7. The van der Waals surface area contributed by atoms with Gasteiger partial charge in [0.2, 0.25) is 0 Å². The van der Waals surface area contributed by atoms with Crippen LogP contribution >= 0.6 is 15.8 Å². The number of hydrogen-bond acceptors (Lipinski definition) is 0. The molecule has 0 aliphatic heterocycles. The molecule has 0 amide bonds. The van der Waals surface area contributed by atoms with Gasteiger partial charge in [0, 0.05) is 0 Å². The van der Waals surface area contributed by atoms with E-state index >= 15 is 0 Å². The zero-order valence-electron chi connectivity index (χ0n) is 23.4. The predicted molar refractivity (Wildman–Crippen MR) is 153 cm³/mol. The van der Waals surface area contributed by atoms with E-state index < -0.39 is 0 Å². The van der Waals surface area contributed by atoms with Crippen molar-refractivity contribution in [2.75, 3.05) is 0 Å². The van der Waals surface area contributed by atoms with Crippen molar-refractivity contribution in [3.05, 3.63) is 95.1 Å². The standard InChI is InChI=1S/2C15H22FP.2ClH.Pd/c2*1-12(2)17(13(3)4)11-5-6-14-7-9-15(16)10-8-14;;;/h2*5,7-13H,6H2,1-4H3;2*1H;/q;;;;+2/p-2. The molecule has 0 unspecified atom stereocenters. The molecular weight excluding hydrogens is 638 g/mol. The summed E-state index contributed by atoms with van der Waals surface area (Å²) in [5, 5.41) is 0. The summed E-state index contributed by atoms with van der Waals surface area (Å²) in [6.07, 6.45) is 6.27. The van der Waals surface area contributed by atoms with Gasteiger partial charge in [0.15, 0.2) is 0 Å². The van der Waals surface area contributed by atoms with E-state index in [1.807, 2.05) is 24.3 Å². The van der Waals surface area contributed by atoms with Gasteiger partial charge in [-0.3, -0.25) is 0 Å². The van der Waals surface area contributed by atoms with Crippen molar-refractivity contribution in [1.29, 1.82) is 0 Å². The van der Waals surface area contributed by atoms with Crippen LogP contribution in [0.3, 0.4) is 0 Å². The molecule has 0 heterocycles. The number of allylic oxidation sites excluding steroid dienone is 2. The monoisotopic (exact) mass is 680 g/mol. The van der Waals surface area contributed by atoms with Crippen LogP contribution in [0.1, 0.15) is 66.5 Å². The Kier molecular flexibility index (Phi) is 25.3. The van der Waals surface area contributed by atoms with E-state index in [1.54, 1.807) is 0 Å². The smallest absolute Gasteiger partial charge is 1.00 e. The zero-order valence-corrected chi connectivity index (χ0v) is 28.2. The average molecular weight is 682 g/mol. The third-order valence-corrected chi connectivity index (χ3v) is 11.4. The third-order valence-electron chi connectivity index (χ3n) is 5.47. The molecule has 0 aliphatic rings. The molecule has 2 aromatic carbocycles. The minimum atomic E-state index is -0.163. The topological polar surface area (TPSA) is 0 Å². The van der Waals surface area contributed by atoms with E-state index in [2.05, 4.69) is 79.2 Å².